The SMILES string of the molecule is CN1/C(=C\P(=O)(Oc2ccccc2[N+](=O)[O-])c2ccccc2)C(C)(C)c2ccccc21. The number of hydrogen-bond donors (Lipinski definition) is 0. The van der Waals surface area contributed by atoms with Crippen molar-refractivity contribution < 1.29 is 14.0 Å². The van der Waals surface area contributed by atoms with Crippen LogP contribution in [0.25, 0.3) is 0 Å². The number of likely N-dealkylation sites (N-methyl/N-ethyl adjacent to an activating group) is 1. The zero-order chi connectivity index (χ0) is 22.2. The summed E-state index contributed by atoms with van der Waals surface area (Å²) in [5, 5.41) is 12.0. The number of nitrogens with zero attached hydrogens (tertiary/aromatic N) is 2. The molecule has 0 saturated carbocycles. The Morgan fingerprint density at radius 1 is 0.968 bits per heavy atom. The monoisotopic (exact) mass is 434 g/mol. The van der Waals surface area contributed by atoms with E-state index >= 15 is 0 Å². The van der Waals surface area contributed by atoms with Crippen molar-refractivity contribution in [3.05, 3.63) is 106 Å². The molecule has 4 rings (SSSR count). The summed E-state index contributed by atoms with van der Waals surface area (Å²) in [6, 6.07) is 22.9. The van der Waals surface area contributed by atoms with E-state index in [2.05, 4.69) is 19.9 Å². The number of nitro groups is 1. The summed E-state index contributed by atoms with van der Waals surface area (Å²) in [5.74, 6) is 1.63. The van der Waals surface area contributed by atoms with Crippen molar-refractivity contribution in [2.45, 2.75) is 19.3 Å². The first-order valence-electron chi connectivity index (χ1n) is 9.89. The molecule has 1 unspecified atom stereocenters. The van der Waals surface area contributed by atoms with Crippen LogP contribution in [0.5, 0.6) is 5.75 Å². The predicted molar refractivity (Wildman–Crippen MR) is 123 cm³/mol. The van der Waals surface area contributed by atoms with Crippen molar-refractivity contribution in [2.75, 3.05) is 11.9 Å². The predicted octanol–water partition coefficient (Wildman–Crippen LogP) is 5.85. The molecule has 0 spiro atoms. The second-order valence-corrected chi connectivity index (χ2v) is 10.1. The van der Waals surface area contributed by atoms with E-state index in [-0.39, 0.29) is 11.4 Å². The highest BCUT2D eigenvalue weighted by atomic mass is 31.2. The Hall–Kier alpha value is -3.37. The van der Waals surface area contributed by atoms with Crippen LogP contribution in [0.3, 0.4) is 0 Å². The maximum absolute atomic E-state index is 14.4. The molecule has 0 bridgehead atoms. The fourth-order valence-corrected chi connectivity index (χ4v) is 6.17. The van der Waals surface area contributed by atoms with Gasteiger partial charge in [-0.3, -0.25) is 14.7 Å². The summed E-state index contributed by atoms with van der Waals surface area (Å²) in [4.78, 5) is 13.0. The highest BCUT2D eigenvalue weighted by molar-refractivity contribution is 7.70. The van der Waals surface area contributed by atoms with Crippen molar-refractivity contribution in [2.24, 2.45) is 0 Å². The first-order chi connectivity index (χ1) is 14.7. The van der Waals surface area contributed by atoms with E-state index in [0.717, 1.165) is 16.9 Å². The van der Waals surface area contributed by atoms with Crippen LogP contribution in [0.4, 0.5) is 11.4 Å². The van der Waals surface area contributed by atoms with Gasteiger partial charge < -0.3 is 9.42 Å². The van der Waals surface area contributed by atoms with Crippen LogP contribution in [0.2, 0.25) is 0 Å². The molecule has 3 aromatic carbocycles. The van der Waals surface area contributed by atoms with Gasteiger partial charge in [-0.15, -0.1) is 0 Å². The second-order valence-electron chi connectivity index (χ2n) is 7.96. The summed E-state index contributed by atoms with van der Waals surface area (Å²) < 4.78 is 20.3. The summed E-state index contributed by atoms with van der Waals surface area (Å²) in [7, 11) is -1.73. The van der Waals surface area contributed by atoms with Crippen LogP contribution in [0.1, 0.15) is 19.4 Å². The lowest BCUT2D eigenvalue weighted by Crippen LogP contribution is -2.24. The minimum Gasteiger partial charge on any atom is -0.430 e. The molecule has 0 fully saturated rings. The molecule has 0 aliphatic carbocycles. The molecule has 1 aliphatic heterocycles. The highest BCUT2D eigenvalue weighted by Gasteiger charge is 2.41. The standard InChI is InChI=1S/C24H23N2O4P/c1-24(2)19-13-7-8-14-20(19)25(3)23(24)17-31(29,18-11-5-4-6-12-18)30-22-16-10-9-15-21(22)26(27)28/h4-17H,1-3H3/b23-17-. The number of para-hydroxylation sites is 3. The maximum Gasteiger partial charge on any atom is 0.311 e. The maximum atomic E-state index is 14.4. The quantitative estimate of drug-likeness (QED) is 0.286. The Morgan fingerprint density at radius 3 is 2.26 bits per heavy atom. The third-order valence-electron chi connectivity index (χ3n) is 5.64. The molecule has 158 valence electrons. The summed E-state index contributed by atoms with van der Waals surface area (Å²) in [6.07, 6.45) is 0. The zero-order valence-electron chi connectivity index (χ0n) is 17.6. The van der Waals surface area contributed by atoms with Gasteiger partial charge in [0.25, 0.3) is 0 Å². The molecule has 3 aromatic rings. The average Bonchev–Trinajstić information content (AvgIpc) is 2.95. The largest absolute Gasteiger partial charge is 0.430 e. The number of rotatable bonds is 5. The van der Waals surface area contributed by atoms with Crippen molar-refractivity contribution in [3.63, 3.8) is 0 Å². The Kier molecular flexibility index (Phi) is 5.19. The van der Waals surface area contributed by atoms with Crippen LogP contribution < -0.4 is 14.7 Å². The van der Waals surface area contributed by atoms with E-state index in [0.29, 0.717) is 5.30 Å². The van der Waals surface area contributed by atoms with Gasteiger partial charge in [0.2, 0.25) is 5.75 Å². The number of benzene rings is 3. The van der Waals surface area contributed by atoms with E-state index in [9.17, 15) is 14.7 Å². The summed E-state index contributed by atoms with van der Waals surface area (Å²) >= 11 is 0. The van der Waals surface area contributed by atoms with E-state index in [1.54, 1.807) is 42.2 Å². The Labute approximate surface area is 181 Å². The highest BCUT2D eigenvalue weighted by Crippen LogP contribution is 2.55. The van der Waals surface area contributed by atoms with Crippen LogP contribution in [0, 0.1) is 10.1 Å². The van der Waals surface area contributed by atoms with E-state index < -0.39 is 17.7 Å². The fourth-order valence-electron chi connectivity index (χ4n) is 4.01. The first-order valence-corrected chi connectivity index (χ1v) is 11.6. The number of fused-ring (bicyclic) bond motifs is 1. The fraction of sp³-hybridized carbons (Fsp3) is 0.167. The molecular formula is C24H23N2O4P. The Bertz CT molecular complexity index is 1220. The van der Waals surface area contributed by atoms with Gasteiger partial charge in [0.05, 0.1) is 10.2 Å². The third kappa shape index (κ3) is 3.64. The molecular weight excluding hydrogens is 411 g/mol. The van der Waals surface area contributed by atoms with Crippen molar-refractivity contribution in [3.8, 4) is 5.75 Å². The zero-order valence-corrected chi connectivity index (χ0v) is 18.5. The molecule has 0 amide bonds. The van der Waals surface area contributed by atoms with Gasteiger partial charge in [-0.2, -0.15) is 0 Å². The van der Waals surface area contributed by atoms with E-state index in [1.165, 1.54) is 12.1 Å². The molecule has 1 atom stereocenters. The van der Waals surface area contributed by atoms with Gasteiger partial charge in [0, 0.05) is 35.7 Å². The molecule has 0 N–H and O–H groups in total. The van der Waals surface area contributed by atoms with Crippen LogP contribution in [-0.2, 0) is 9.98 Å². The number of allylic oxidation sites excluding steroid dienone is 1. The van der Waals surface area contributed by atoms with Crippen molar-refractivity contribution >= 4 is 24.0 Å². The van der Waals surface area contributed by atoms with Crippen molar-refractivity contribution in [1.29, 1.82) is 0 Å². The van der Waals surface area contributed by atoms with Crippen molar-refractivity contribution in [1.82, 2.24) is 0 Å². The molecule has 0 aromatic heterocycles. The lowest BCUT2D eigenvalue weighted by atomic mass is 9.84. The average molecular weight is 434 g/mol. The Morgan fingerprint density at radius 2 is 1.58 bits per heavy atom. The number of anilines is 1. The van der Waals surface area contributed by atoms with Gasteiger partial charge in [-0.05, 0) is 29.8 Å². The molecule has 1 aliphatic rings. The van der Waals surface area contributed by atoms with E-state index in [1.807, 2.05) is 36.2 Å². The number of nitro benzene ring substituents is 1. The topological polar surface area (TPSA) is 72.7 Å². The van der Waals surface area contributed by atoms with Crippen LogP contribution in [0.15, 0.2) is 90.4 Å². The van der Waals surface area contributed by atoms with Gasteiger partial charge >= 0.3 is 13.1 Å². The normalized spacial score (nSPS) is 17.8. The lowest BCUT2D eigenvalue weighted by Gasteiger charge is -2.26. The molecule has 6 nitrogen and oxygen atoms in total. The molecule has 0 saturated heterocycles. The summed E-state index contributed by atoms with van der Waals surface area (Å²) in [6.45, 7) is 4.14. The second kappa shape index (κ2) is 7.71. The molecule has 0 radical (unpaired) electrons. The molecule has 31 heavy (non-hydrogen) atoms. The molecule has 1 heterocycles. The van der Waals surface area contributed by atoms with Gasteiger partial charge in [0.15, 0.2) is 0 Å². The third-order valence-corrected chi connectivity index (χ3v) is 7.72. The molecule has 7 heteroatoms. The lowest BCUT2D eigenvalue weighted by molar-refractivity contribution is -0.385. The first kappa shape index (κ1) is 20.9. The van der Waals surface area contributed by atoms with E-state index in [4.69, 9.17) is 4.52 Å². The van der Waals surface area contributed by atoms with Gasteiger partial charge in [-0.25, -0.2) is 0 Å². The number of hydrogen-bond acceptors (Lipinski definition) is 5. The minimum absolute atomic E-state index is 0.0208. The minimum atomic E-state index is -3.66. The van der Waals surface area contributed by atoms with Crippen LogP contribution >= 0.6 is 7.37 Å². The Balaban J connectivity index is 1.88. The van der Waals surface area contributed by atoms with Gasteiger partial charge in [0.1, 0.15) is 0 Å². The van der Waals surface area contributed by atoms with Crippen LogP contribution in [-0.4, -0.2) is 12.0 Å². The smallest absolute Gasteiger partial charge is 0.311 e. The van der Waals surface area contributed by atoms with Gasteiger partial charge in [-0.1, -0.05) is 62.4 Å². The summed E-state index contributed by atoms with van der Waals surface area (Å²) in [5.41, 5.74) is 2.33.